The van der Waals surface area contributed by atoms with Crippen LogP contribution in [0.25, 0.3) is 10.9 Å². The molecule has 0 atom stereocenters. The summed E-state index contributed by atoms with van der Waals surface area (Å²) in [5, 5.41) is 3.47. The van der Waals surface area contributed by atoms with Gasteiger partial charge in [0.15, 0.2) is 5.69 Å². The fourth-order valence-electron chi connectivity index (χ4n) is 2.16. The number of aromatic nitrogens is 2. The summed E-state index contributed by atoms with van der Waals surface area (Å²) in [4.78, 5) is 31.1. The van der Waals surface area contributed by atoms with Gasteiger partial charge in [-0.25, -0.2) is 9.78 Å². The van der Waals surface area contributed by atoms with Crippen LogP contribution in [-0.2, 0) is 11.3 Å². The van der Waals surface area contributed by atoms with E-state index < -0.39 is 5.97 Å². The molecule has 0 fully saturated rings. The largest absolute Gasteiger partial charge is 0.456 e. The minimum Gasteiger partial charge on any atom is -0.456 e. The van der Waals surface area contributed by atoms with Crippen LogP contribution in [0, 0.1) is 0 Å². The second-order valence-corrected chi connectivity index (χ2v) is 6.40. The molecule has 23 heavy (non-hydrogen) atoms. The first-order chi connectivity index (χ1) is 11.0. The van der Waals surface area contributed by atoms with Crippen LogP contribution in [0.4, 0.5) is 0 Å². The van der Waals surface area contributed by atoms with Gasteiger partial charge in [-0.1, -0.05) is 32.0 Å². The minimum atomic E-state index is -0.513. The summed E-state index contributed by atoms with van der Waals surface area (Å²) < 4.78 is 5.22. The number of benzene rings is 1. The van der Waals surface area contributed by atoms with Gasteiger partial charge in [0, 0.05) is 16.8 Å². The van der Waals surface area contributed by atoms with E-state index in [1.807, 2.05) is 38.1 Å². The second kappa shape index (κ2) is 6.34. The predicted molar refractivity (Wildman–Crippen MR) is 89.9 cm³/mol. The number of esters is 1. The molecule has 3 rings (SSSR count). The van der Waals surface area contributed by atoms with Crippen LogP contribution in [0.15, 0.2) is 40.5 Å². The number of fused-ring (bicyclic) bond motifs is 1. The lowest BCUT2D eigenvalue weighted by Crippen LogP contribution is -2.15. The summed E-state index contributed by atoms with van der Waals surface area (Å²) in [6.45, 7) is 3.96. The third kappa shape index (κ3) is 3.32. The molecule has 0 saturated heterocycles. The Morgan fingerprint density at radius 1 is 1.35 bits per heavy atom. The second-order valence-electron chi connectivity index (χ2n) is 5.51. The Kier molecular flexibility index (Phi) is 4.25. The number of nitrogens with one attached hydrogen (secondary N) is 1. The number of thiazole rings is 1. The van der Waals surface area contributed by atoms with E-state index in [4.69, 9.17) is 4.74 Å². The van der Waals surface area contributed by atoms with Crippen LogP contribution in [0.1, 0.15) is 40.8 Å². The number of aromatic amines is 1. The first-order valence-corrected chi connectivity index (χ1v) is 8.16. The van der Waals surface area contributed by atoms with Crippen molar-refractivity contribution in [3.63, 3.8) is 0 Å². The third-order valence-corrected chi connectivity index (χ3v) is 4.56. The summed E-state index contributed by atoms with van der Waals surface area (Å²) in [5.74, 6) is -0.245. The lowest BCUT2D eigenvalue weighted by atomic mass is 10.1. The molecule has 1 aromatic carbocycles. The van der Waals surface area contributed by atoms with Gasteiger partial charge >= 0.3 is 5.97 Å². The van der Waals surface area contributed by atoms with E-state index in [1.165, 1.54) is 11.3 Å². The molecule has 0 radical (unpaired) electrons. The van der Waals surface area contributed by atoms with E-state index in [9.17, 15) is 9.59 Å². The fourth-order valence-corrected chi connectivity index (χ4v) is 2.97. The van der Waals surface area contributed by atoms with Gasteiger partial charge in [0.25, 0.3) is 5.56 Å². The maximum atomic E-state index is 12.0. The molecule has 0 unspecified atom stereocenters. The Morgan fingerprint density at radius 2 is 2.13 bits per heavy atom. The topological polar surface area (TPSA) is 72.0 Å². The van der Waals surface area contributed by atoms with Gasteiger partial charge in [-0.05, 0) is 17.5 Å². The minimum absolute atomic E-state index is 0.0759. The summed E-state index contributed by atoms with van der Waals surface area (Å²) in [6, 6.07) is 9.20. The molecule has 2 heterocycles. The van der Waals surface area contributed by atoms with E-state index in [2.05, 4.69) is 9.97 Å². The lowest BCUT2D eigenvalue weighted by Gasteiger charge is -2.04. The van der Waals surface area contributed by atoms with Gasteiger partial charge in [-0.3, -0.25) is 4.79 Å². The average Bonchev–Trinajstić information content (AvgIpc) is 3.03. The standard InChI is InChI=1S/C17H16N2O3S/c1-10(2)16-19-14(9-23-16)17(21)22-8-12-7-11-5-3-4-6-13(11)18-15(12)20/h3-7,9-10H,8H2,1-2H3,(H,18,20). The number of para-hydroxylation sites is 1. The van der Waals surface area contributed by atoms with Crippen molar-refractivity contribution in [1.29, 1.82) is 0 Å². The number of rotatable bonds is 4. The highest BCUT2D eigenvalue weighted by Crippen LogP contribution is 2.20. The van der Waals surface area contributed by atoms with E-state index in [-0.39, 0.29) is 23.8 Å². The first-order valence-electron chi connectivity index (χ1n) is 7.28. The summed E-state index contributed by atoms with van der Waals surface area (Å²) in [7, 11) is 0. The smallest absolute Gasteiger partial charge is 0.358 e. The highest BCUT2D eigenvalue weighted by atomic mass is 32.1. The van der Waals surface area contributed by atoms with E-state index in [0.717, 1.165) is 15.9 Å². The molecule has 5 nitrogen and oxygen atoms in total. The molecule has 3 aromatic rings. The lowest BCUT2D eigenvalue weighted by molar-refractivity contribution is 0.0465. The highest BCUT2D eigenvalue weighted by Gasteiger charge is 2.14. The van der Waals surface area contributed by atoms with Gasteiger partial charge in [-0.15, -0.1) is 11.3 Å². The summed E-state index contributed by atoms with van der Waals surface area (Å²) in [5.41, 5.74) is 1.21. The SMILES string of the molecule is CC(C)c1nc(C(=O)OCc2cc3ccccc3[nH]c2=O)cs1. The van der Waals surface area contributed by atoms with Crippen molar-refractivity contribution < 1.29 is 9.53 Å². The zero-order valence-corrected chi connectivity index (χ0v) is 13.6. The number of ether oxygens (including phenoxy) is 1. The van der Waals surface area contributed by atoms with Crippen molar-refractivity contribution in [3.05, 3.63) is 62.3 Å². The van der Waals surface area contributed by atoms with Crippen LogP contribution in [0.2, 0.25) is 0 Å². The Morgan fingerprint density at radius 3 is 2.87 bits per heavy atom. The zero-order chi connectivity index (χ0) is 16.4. The van der Waals surface area contributed by atoms with Crippen LogP contribution >= 0.6 is 11.3 Å². The number of pyridine rings is 1. The van der Waals surface area contributed by atoms with Crippen molar-refractivity contribution >= 4 is 28.2 Å². The summed E-state index contributed by atoms with van der Waals surface area (Å²) in [6.07, 6.45) is 0. The zero-order valence-electron chi connectivity index (χ0n) is 12.8. The van der Waals surface area contributed by atoms with E-state index in [0.29, 0.717) is 5.56 Å². The molecule has 6 heteroatoms. The van der Waals surface area contributed by atoms with Gasteiger partial charge in [0.1, 0.15) is 6.61 Å². The van der Waals surface area contributed by atoms with Gasteiger partial charge in [0.05, 0.1) is 10.6 Å². The van der Waals surface area contributed by atoms with Crippen molar-refractivity contribution in [1.82, 2.24) is 9.97 Å². The molecule has 0 bridgehead atoms. The van der Waals surface area contributed by atoms with Crippen molar-refractivity contribution in [3.8, 4) is 0 Å². The maximum Gasteiger partial charge on any atom is 0.358 e. The quantitative estimate of drug-likeness (QED) is 0.744. The van der Waals surface area contributed by atoms with Crippen LogP contribution < -0.4 is 5.56 Å². The number of carbonyl (C=O) groups is 1. The van der Waals surface area contributed by atoms with Crippen LogP contribution in [0.5, 0.6) is 0 Å². The van der Waals surface area contributed by atoms with Gasteiger partial charge in [0.2, 0.25) is 0 Å². The Labute approximate surface area is 137 Å². The first kappa shape index (κ1) is 15.4. The van der Waals surface area contributed by atoms with Gasteiger partial charge in [-0.2, -0.15) is 0 Å². The number of carbonyl (C=O) groups excluding carboxylic acids is 1. The Balaban J connectivity index is 1.76. The molecular weight excluding hydrogens is 312 g/mol. The molecular formula is C17H16N2O3S. The molecule has 0 aliphatic carbocycles. The van der Waals surface area contributed by atoms with Crippen molar-refractivity contribution in [2.24, 2.45) is 0 Å². The van der Waals surface area contributed by atoms with Crippen LogP contribution in [0.3, 0.4) is 0 Å². The van der Waals surface area contributed by atoms with Crippen molar-refractivity contribution in [2.75, 3.05) is 0 Å². The molecule has 2 aromatic heterocycles. The number of hydrogen-bond donors (Lipinski definition) is 1. The third-order valence-electron chi connectivity index (χ3n) is 3.41. The molecule has 0 amide bonds. The molecule has 0 aliphatic rings. The molecule has 118 valence electrons. The van der Waals surface area contributed by atoms with Gasteiger partial charge < -0.3 is 9.72 Å². The normalized spacial score (nSPS) is 11.1. The molecule has 0 spiro atoms. The van der Waals surface area contributed by atoms with E-state index in [1.54, 1.807) is 11.4 Å². The molecule has 0 saturated carbocycles. The monoisotopic (exact) mass is 328 g/mol. The van der Waals surface area contributed by atoms with Crippen molar-refractivity contribution in [2.45, 2.75) is 26.4 Å². The number of H-pyrrole nitrogens is 1. The highest BCUT2D eigenvalue weighted by molar-refractivity contribution is 7.09. The number of nitrogens with zero attached hydrogens (tertiary/aromatic N) is 1. The van der Waals surface area contributed by atoms with Crippen LogP contribution in [-0.4, -0.2) is 15.9 Å². The molecule has 0 aliphatic heterocycles. The van der Waals surface area contributed by atoms with E-state index >= 15 is 0 Å². The molecule has 1 N–H and O–H groups in total. The Hall–Kier alpha value is -2.47. The maximum absolute atomic E-state index is 12.0. The average molecular weight is 328 g/mol. The Bertz CT molecular complexity index is 911. The summed E-state index contributed by atoms with van der Waals surface area (Å²) >= 11 is 1.43. The predicted octanol–water partition coefficient (Wildman–Crippen LogP) is 3.47. The fraction of sp³-hybridized carbons (Fsp3) is 0.235. The number of hydrogen-bond acceptors (Lipinski definition) is 5.